The first-order valence-electron chi connectivity index (χ1n) is 7.43. The normalized spacial score (nSPS) is 24.5. The molecule has 0 aromatic carbocycles. The van der Waals surface area contributed by atoms with E-state index in [9.17, 15) is 9.59 Å². The van der Waals surface area contributed by atoms with E-state index in [0.717, 1.165) is 38.9 Å². The molecular weight excluding hydrogens is 278 g/mol. The third kappa shape index (κ3) is 3.64. The number of amides is 2. The fourth-order valence-corrected chi connectivity index (χ4v) is 3.15. The predicted molar refractivity (Wildman–Crippen MR) is 80.9 cm³/mol. The molecule has 0 bridgehead atoms. The second-order valence-electron chi connectivity index (χ2n) is 5.53. The second-order valence-corrected chi connectivity index (χ2v) is 5.53. The summed E-state index contributed by atoms with van der Waals surface area (Å²) >= 11 is 0. The molecule has 0 spiro atoms. The van der Waals surface area contributed by atoms with Gasteiger partial charge in [0.2, 0.25) is 11.8 Å². The van der Waals surface area contributed by atoms with Crippen molar-refractivity contribution < 1.29 is 9.59 Å². The highest BCUT2D eigenvalue weighted by atomic mass is 35.5. The van der Waals surface area contributed by atoms with Gasteiger partial charge in [-0.25, -0.2) is 0 Å². The number of halogens is 1. The van der Waals surface area contributed by atoms with E-state index in [1.807, 2.05) is 18.9 Å². The van der Waals surface area contributed by atoms with Gasteiger partial charge in [-0.2, -0.15) is 0 Å². The number of nitrogens with one attached hydrogen (secondary N) is 1. The van der Waals surface area contributed by atoms with Gasteiger partial charge in [-0.3, -0.25) is 9.59 Å². The van der Waals surface area contributed by atoms with Gasteiger partial charge in [-0.05, 0) is 32.7 Å². The Balaban J connectivity index is 0.00000200. The monoisotopic (exact) mass is 303 g/mol. The first-order chi connectivity index (χ1) is 9.17. The average Bonchev–Trinajstić information content (AvgIpc) is 2.86. The summed E-state index contributed by atoms with van der Waals surface area (Å²) in [5.74, 6) is 0.278. The number of hydrogen-bond donors (Lipinski definition) is 1. The van der Waals surface area contributed by atoms with Crippen LogP contribution in [0.5, 0.6) is 0 Å². The van der Waals surface area contributed by atoms with Gasteiger partial charge in [0.25, 0.3) is 0 Å². The highest BCUT2D eigenvalue weighted by Crippen LogP contribution is 2.19. The minimum absolute atomic E-state index is 0. The van der Waals surface area contributed by atoms with Crippen molar-refractivity contribution >= 4 is 24.2 Å². The molecule has 0 radical (unpaired) electrons. The molecule has 0 aromatic rings. The number of nitrogens with zero attached hydrogens (tertiary/aromatic N) is 2. The van der Waals surface area contributed by atoms with Crippen LogP contribution >= 0.6 is 12.4 Å². The van der Waals surface area contributed by atoms with Gasteiger partial charge in [0.1, 0.15) is 6.04 Å². The average molecular weight is 304 g/mol. The summed E-state index contributed by atoms with van der Waals surface area (Å²) < 4.78 is 0. The van der Waals surface area contributed by atoms with Crippen molar-refractivity contribution in [2.75, 3.05) is 26.7 Å². The molecule has 2 saturated heterocycles. The highest BCUT2D eigenvalue weighted by molar-refractivity contribution is 5.88. The second kappa shape index (κ2) is 7.84. The maximum Gasteiger partial charge on any atom is 0.245 e. The molecular formula is C14H26ClN3O2. The smallest absolute Gasteiger partial charge is 0.245 e. The quantitative estimate of drug-likeness (QED) is 0.844. The van der Waals surface area contributed by atoms with E-state index in [1.54, 1.807) is 4.90 Å². The summed E-state index contributed by atoms with van der Waals surface area (Å²) in [7, 11) is 1.94. The predicted octanol–water partition coefficient (Wildman–Crippen LogP) is 1.02. The zero-order valence-electron chi connectivity index (χ0n) is 12.4. The van der Waals surface area contributed by atoms with Crippen LogP contribution < -0.4 is 5.32 Å². The van der Waals surface area contributed by atoms with Crippen molar-refractivity contribution in [3.8, 4) is 0 Å². The number of piperidine rings is 1. The van der Waals surface area contributed by atoms with Gasteiger partial charge >= 0.3 is 0 Å². The molecule has 0 aromatic heterocycles. The standard InChI is InChI=1S/C14H25N3O2.ClH/c1-3-12(17-9-5-7-13(17)18)14(19)16-8-4-6-11(10-16)15-2;/h11-12,15H,3-10H2,1-2H3;1H. The van der Waals surface area contributed by atoms with Crippen LogP contribution in [0.25, 0.3) is 0 Å². The molecule has 2 fully saturated rings. The maximum atomic E-state index is 12.6. The lowest BCUT2D eigenvalue weighted by molar-refractivity contribution is -0.144. The lowest BCUT2D eigenvalue weighted by Gasteiger charge is -2.37. The first-order valence-corrected chi connectivity index (χ1v) is 7.43. The number of hydrogen-bond acceptors (Lipinski definition) is 3. The van der Waals surface area contributed by atoms with Gasteiger partial charge in [0.05, 0.1) is 0 Å². The van der Waals surface area contributed by atoms with Gasteiger partial charge in [0, 0.05) is 32.1 Å². The SMILES string of the molecule is CCC(C(=O)N1CCCC(NC)C1)N1CCCC1=O.Cl. The Bertz CT molecular complexity index is 351. The summed E-state index contributed by atoms with van der Waals surface area (Å²) in [5, 5.41) is 3.25. The van der Waals surface area contributed by atoms with Gasteiger partial charge in [0.15, 0.2) is 0 Å². The third-order valence-corrected chi connectivity index (χ3v) is 4.30. The summed E-state index contributed by atoms with van der Waals surface area (Å²) in [6.45, 7) is 4.34. The van der Waals surface area contributed by atoms with Gasteiger partial charge < -0.3 is 15.1 Å². The number of carbonyl (C=O) groups excluding carboxylic acids is 2. The van der Waals surface area contributed by atoms with Crippen molar-refractivity contribution in [2.45, 2.75) is 51.1 Å². The van der Waals surface area contributed by atoms with E-state index < -0.39 is 0 Å². The minimum atomic E-state index is -0.245. The Morgan fingerprint density at radius 1 is 1.40 bits per heavy atom. The fraction of sp³-hybridized carbons (Fsp3) is 0.857. The van der Waals surface area contributed by atoms with Crippen molar-refractivity contribution in [1.82, 2.24) is 15.1 Å². The molecule has 2 aliphatic rings. The molecule has 20 heavy (non-hydrogen) atoms. The zero-order chi connectivity index (χ0) is 13.8. The van der Waals surface area contributed by atoms with E-state index in [2.05, 4.69) is 5.32 Å². The molecule has 2 unspecified atom stereocenters. The summed E-state index contributed by atoms with van der Waals surface area (Å²) in [6, 6.07) is 0.148. The highest BCUT2D eigenvalue weighted by Gasteiger charge is 2.35. The number of carbonyl (C=O) groups is 2. The molecule has 1 N–H and O–H groups in total. The molecule has 0 saturated carbocycles. The molecule has 2 aliphatic heterocycles. The van der Waals surface area contributed by atoms with Crippen LogP contribution in [0.4, 0.5) is 0 Å². The van der Waals surface area contributed by atoms with Gasteiger partial charge in [-0.15, -0.1) is 12.4 Å². The molecule has 2 heterocycles. The largest absolute Gasteiger partial charge is 0.339 e. The topological polar surface area (TPSA) is 52.7 Å². The van der Waals surface area contributed by atoms with Crippen LogP contribution in [0.1, 0.15) is 39.0 Å². The van der Waals surface area contributed by atoms with Crippen molar-refractivity contribution in [2.24, 2.45) is 0 Å². The molecule has 2 atom stereocenters. The lowest BCUT2D eigenvalue weighted by atomic mass is 10.0. The van der Waals surface area contributed by atoms with E-state index in [0.29, 0.717) is 18.9 Å². The van der Waals surface area contributed by atoms with Crippen LogP contribution in [0.15, 0.2) is 0 Å². The molecule has 5 nitrogen and oxygen atoms in total. The first kappa shape index (κ1) is 17.2. The molecule has 2 amide bonds. The van der Waals surface area contributed by atoms with Crippen molar-refractivity contribution in [3.05, 3.63) is 0 Å². The number of rotatable bonds is 4. The van der Waals surface area contributed by atoms with Crippen LogP contribution in [-0.2, 0) is 9.59 Å². The maximum absolute atomic E-state index is 12.6. The van der Waals surface area contributed by atoms with E-state index in [-0.39, 0.29) is 30.3 Å². The van der Waals surface area contributed by atoms with Crippen LogP contribution in [0, 0.1) is 0 Å². The summed E-state index contributed by atoms with van der Waals surface area (Å²) in [5.41, 5.74) is 0. The van der Waals surface area contributed by atoms with Crippen LogP contribution in [0.2, 0.25) is 0 Å². The Morgan fingerprint density at radius 2 is 2.15 bits per heavy atom. The zero-order valence-corrected chi connectivity index (χ0v) is 13.2. The van der Waals surface area contributed by atoms with Gasteiger partial charge in [-0.1, -0.05) is 6.92 Å². The lowest BCUT2D eigenvalue weighted by Crippen LogP contribution is -2.54. The van der Waals surface area contributed by atoms with E-state index in [4.69, 9.17) is 0 Å². The molecule has 0 aliphatic carbocycles. The minimum Gasteiger partial charge on any atom is -0.339 e. The molecule has 6 heteroatoms. The Kier molecular flexibility index (Phi) is 6.76. The van der Waals surface area contributed by atoms with Crippen LogP contribution in [-0.4, -0.2) is 60.4 Å². The Hall–Kier alpha value is -0.810. The van der Waals surface area contributed by atoms with E-state index in [1.165, 1.54) is 0 Å². The van der Waals surface area contributed by atoms with Crippen molar-refractivity contribution in [1.29, 1.82) is 0 Å². The molecule has 116 valence electrons. The number of likely N-dealkylation sites (tertiary alicyclic amines) is 2. The summed E-state index contributed by atoms with van der Waals surface area (Å²) in [6.07, 6.45) is 4.37. The molecule has 2 rings (SSSR count). The Morgan fingerprint density at radius 3 is 2.70 bits per heavy atom. The van der Waals surface area contributed by atoms with Crippen molar-refractivity contribution in [3.63, 3.8) is 0 Å². The third-order valence-electron chi connectivity index (χ3n) is 4.30. The number of likely N-dealkylation sites (N-methyl/N-ethyl adjacent to an activating group) is 1. The van der Waals surface area contributed by atoms with E-state index >= 15 is 0 Å². The Labute approximate surface area is 127 Å². The van der Waals surface area contributed by atoms with Crippen LogP contribution in [0.3, 0.4) is 0 Å². The summed E-state index contributed by atoms with van der Waals surface area (Å²) in [4.78, 5) is 28.2. The fourth-order valence-electron chi connectivity index (χ4n) is 3.15.